The molecule has 0 saturated heterocycles. The van der Waals surface area contributed by atoms with Crippen molar-refractivity contribution < 1.29 is 9.84 Å². The molecule has 1 aromatic rings. The zero-order chi connectivity index (χ0) is 12.7. The number of nitrogens with zero attached hydrogens (tertiary/aromatic N) is 1. The van der Waals surface area contributed by atoms with Gasteiger partial charge in [0.1, 0.15) is 0 Å². The second kappa shape index (κ2) is 6.24. The van der Waals surface area contributed by atoms with Crippen LogP contribution < -0.4 is 5.32 Å². The fraction of sp³-hybridized carbons (Fsp3) is 0.462. The molecule has 0 aliphatic carbocycles. The maximum atomic E-state index is 10.0. The van der Waals surface area contributed by atoms with E-state index in [4.69, 9.17) is 10.00 Å². The van der Waals surface area contributed by atoms with E-state index in [1.54, 1.807) is 26.2 Å². The van der Waals surface area contributed by atoms with Crippen molar-refractivity contribution in [3.05, 3.63) is 29.8 Å². The lowest BCUT2D eigenvalue weighted by atomic mass is 10.0. The quantitative estimate of drug-likeness (QED) is 0.787. The van der Waals surface area contributed by atoms with Crippen LogP contribution in [0, 0.1) is 11.3 Å². The SMILES string of the molecule is COCCC(C)(O)CNc1cccc(C#N)c1. The summed E-state index contributed by atoms with van der Waals surface area (Å²) in [4.78, 5) is 0. The summed E-state index contributed by atoms with van der Waals surface area (Å²) in [5, 5.41) is 21.9. The lowest BCUT2D eigenvalue weighted by Crippen LogP contribution is -2.34. The first-order chi connectivity index (χ1) is 8.07. The molecule has 92 valence electrons. The van der Waals surface area contributed by atoms with Gasteiger partial charge in [0.2, 0.25) is 0 Å². The van der Waals surface area contributed by atoms with Crippen molar-refractivity contribution in [3.8, 4) is 6.07 Å². The molecule has 4 heteroatoms. The van der Waals surface area contributed by atoms with E-state index in [1.165, 1.54) is 0 Å². The van der Waals surface area contributed by atoms with E-state index in [2.05, 4.69) is 11.4 Å². The summed E-state index contributed by atoms with van der Waals surface area (Å²) in [6, 6.07) is 9.26. The summed E-state index contributed by atoms with van der Waals surface area (Å²) in [6.45, 7) is 2.70. The monoisotopic (exact) mass is 234 g/mol. The van der Waals surface area contributed by atoms with E-state index in [0.717, 1.165) is 5.69 Å². The number of ether oxygens (including phenoxy) is 1. The predicted octanol–water partition coefficient (Wildman–Crippen LogP) is 1.76. The van der Waals surface area contributed by atoms with Gasteiger partial charge in [-0.3, -0.25) is 0 Å². The molecule has 0 heterocycles. The number of aliphatic hydroxyl groups is 1. The minimum Gasteiger partial charge on any atom is -0.388 e. The second-order valence-corrected chi connectivity index (χ2v) is 4.29. The van der Waals surface area contributed by atoms with E-state index < -0.39 is 5.60 Å². The maximum absolute atomic E-state index is 10.0. The zero-order valence-electron chi connectivity index (χ0n) is 10.2. The van der Waals surface area contributed by atoms with Gasteiger partial charge in [-0.1, -0.05) is 6.07 Å². The van der Waals surface area contributed by atoms with Crippen molar-refractivity contribution in [3.63, 3.8) is 0 Å². The summed E-state index contributed by atoms with van der Waals surface area (Å²) in [7, 11) is 1.61. The Hall–Kier alpha value is -1.57. The molecule has 0 spiro atoms. The molecule has 0 radical (unpaired) electrons. The van der Waals surface area contributed by atoms with Crippen LogP contribution in [-0.4, -0.2) is 31.0 Å². The number of benzene rings is 1. The first kappa shape index (κ1) is 13.5. The standard InChI is InChI=1S/C13H18N2O2/c1-13(16,6-7-17-2)10-15-12-5-3-4-11(8-12)9-14/h3-5,8,15-16H,6-7,10H2,1-2H3. The molecule has 0 bridgehead atoms. The Kier molecular flexibility index (Phi) is 4.95. The minimum atomic E-state index is -0.821. The molecular formula is C13H18N2O2. The second-order valence-electron chi connectivity index (χ2n) is 4.29. The van der Waals surface area contributed by atoms with Crippen LogP contribution in [0.1, 0.15) is 18.9 Å². The van der Waals surface area contributed by atoms with Gasteiger partial charge in [-0.25, -0.2) is 0 Å². The molecule has 0 aliphatic heterocycles. The number of nitriles is 1. The van der Waals surface area contributed by atoms with Crippen LogP contribution in [-0.2, 0) is 4.74 Å². The molecule has 0 amide bonds. The lowest BCUT2D eigenvalue weighted by molar-refractivity contribution is 0.0357. The van der Waals surface area contributed by atoms with Gasteiger partial charge in [-0.15, -0.1) is 0 Å². The Morgan fingerprint density at radius 2 is 2.29 bits per heavy atom. The highest BCUT2D eigenvalue weighted by Gasteiger charge is 2.19. The molecule has 0 saturated carbocycles. The maximum Gasteiger partial charge on any atom is 0.0992 e. The van der Waals surface area contributed by atoms with Gasteiger partial charge >= 0.3 is 0 Å². The average molecular weight is 234 g/mol. The van der Waals surface area contributed by atoms with Crippen LogP contribution in [0.25, 0.3) is 0 Å². The lowest BCUT2D eigenvalue weighted by Gasteiger charge is -2.23. The van der Waals surface area contributed by atoms with Crippen molar-refractivity contribution in [1.29, 1.82) is 5.26 Å². The van der Waals surface area contributed by atoms with Crippen LogP contribution in [0.4, 0.5) is 5.69 Å². The molecule has 1 aromatic carbocycles. The average Bonchev–Trinajstić information content (AvgIpc) is 2.34. The van der Waals surface area contributed by atoms with E-state index in [-0.39, 0.29) is 0 Å². The van der Waals surface area contributed by atoms with Gasteiger partial charge in [0, 0.05) is 32.4 Å². The molecule has 0 fully saturated rings. The number of nitrogens with one attached hydrogen (secondary N) is 1. The third kappa shape index (κ3) is 4.85. The normalized spacial score (nSPS) is 13.8. The van der Waals surface area contributed by atoms with E-state index in [9.17, 15) is 5.11 Å². The van der Waals surface area contributed by atoms with E-state index in [1.807, 2.05) is 12.1 Å². The number of hydrogen-bond donors (Lipinski definition) is 2. The first-order valence-corrected chi connectivity index (χ1v) is 5.53. The number of anilines is 1. The third-order valence-corrected chi connectivity index (χ3v) is 2.51. The highest BCUT2D eigenvalue weighted by molar-refractivity contribution is 5.49. The highest BCUT2D eigenvalue weighted by atomic mass is 16.5. The van der Waals surface area contributed by atoms with Crippen molar-refractivity contribution in [2.45, 2.75) is 18.9 Å². The van der Waals surface area contributed by atoms with Crippen molar-refractivity contribution >= 4 is 5.69 Å². The molecular weight excluding hydrogens is 216 g/mol. The van der Waals surface area contributed by atoms with Gasteiger partial charge in [-0.2, -0.15) is 5.26 Å². The Balaban J connectivity index is 2.52. The summed E-state index contributed by atoms with van der Waals surface area (Å²) in [6.07, 6.45) is 0.564. The van der Waals surface area contributed by atoms with E-state index in [0.29, 0.717) is 25.1 Å². The topological polar surface area (TPSA) is 65.3 Å². The third-order valence-electron chi connectivity index (χ3n) is 2.51. The molecule has 1 unspecified atom stereocenters. The van der Waals surface area contributed by atoms with Crippen molar-refractivity contribution in [2.24, 2.45) is 0 Å². The number of hydrogen-bond acceptors (Lipinski definition) is 4. The first-order valence-electron chi connectivity index (χ1n) is 5.53. The van der Waals surface area contributed by atoms with Crippen molar-refractivity contribution in [1.82, 2.24) is 0 Å². The molecule has 1 atom stereocenters. The number of methoxy groups -OCH3 is 1. The molecule has 17 heavy (non-hydrogen) atoms. The van der Waals surface area contributed by atoms with Crippen LogP contribution in [0.3, 0.4) is 0 Å². The van der Waals surface area contributed by atoms with Crippen LogP contribution >= 0.6 is 0 Å². The Labute approximate surface area is 102 Å². The number of rotatable bonds is 6. The molecule has 2 N–H and O–H groups in total. The van der Waals surface area contributed by atoms with Gasteiger partial charge in [-0.05, 0) is 25.1 Å². The Morgan fingerprint density at radius 3 is 2.94 bits per heavy atom. The fourth-order valence-corrected chi connectivity index (χ4v) is 1.40. The molecule has 4 nitrogen and oxygen atoms in total. The summed E-state index contributed by atoms with van der Waals surface area (Å²) in [5.41, 5.74) is 0.617. The molecule has 0 aliphatic rings. The van der Waals surface area contributed by atoms with Crippen LogP contribution in [0.2, 0.25) is 0 Å². The largest absolute Gasteiger partial charge is 0.388 e. The van der Waals surface area contributed by atoms with Gasteiger partial charge < -0.3 is 15.2 Å². The van der Waals surface area contributed by atoms with Gasteiger partial charge in [0.25, 0.3) is 0 Å². The fourth-order valence-electron chi connectivity index (χ4n) is 1.40. The summed E-state index contributed by atoms with van der Waals surface area (Å²) < 4.78 is 4.94. The zero-order valence-corrected chi connectivity index (χ0v) is 10.2. The van der Waals surface area contributed by atoms with E-state index >= 15 is 0 Å². The highest BCUT2D eigenvalue weighted by Crippen LogP contribution is 2.14. The summed E-state index contributed by atoms with van der Waals surface area (Å²) >= 11 is 0. The summed E-state index contributed by atoms with van der Waals surface area (Å²) in [5.74, 6) is 0. The Bertz CT molecular complexity index is 397. The van der Waals surface area contributed by atoms with Crippen molar-refractivity contribution in [2.75, 3.05) is 25.6 Å². The van der Waals surface area contributed by atoms with Gasteiger partial charge in [0.15, 0.2) is 0 Å². The molecule has 1 rings (SSSR count). The van der Waals surface area contributed by atoms with Gasteiger partial charge in [0.05, 0.1) is 17.2 Å². The predicted molar refractivity (Wildman–Crippen MR) is 66.8 cm³/mol. The smallest absolute Gasteiger partial charge is 0.0992 e. The van der Waals surface area contributed by atoms with Crippen LogP contribution in [0.15, 0.2) is 24.3 Å². The molecule has 0 aromatic heterocycles. The Morgan fingerprint density at radius 1 is 1.53 bits per heavy atom. The minimum absolute atomic E-state index is 0.422. The van der Waals surface area contributed by atoms with Crippen LogP contribution in [0.5, 0.6) is 0 Å².